The summed E-state index contributed by atoms with van der Waals surface area (Å²) in [6.45, 7) is 1.52. The van der Waals surface area contributed by atoms with Crippen molar-refractivity contribution in [3.05, 3.63) is 47.5 Å². The lowest BCUT2D eigenvalue weighted by Gasteiger charge is -2.00. The molecule has 1 amide bonds. The first-order chi connectivity index (χ1) is 9.08. The second-order valence-corrected chi connectivity index (χ2v) is 4.53. The monoisotopic (exact) mass is 252 g/mol. The normalized spacial score (nSPS) is 11.0. The number of nitrogens with two attached hydrogens (primary N) is 1. The molecule has 3 aromatic rings. The molecule has 3 N–H and O–H groups in total. The first kappa shape index (κ1) is 11.5. The molecule has 4 heteroatoms. The van der Waals surface area contributed by atoms with Crippen molar-refractivity contribution in [2.75, 3.05) is 0 Å². The highest BCUT2D eigenvalue weighted by Gasteiger charge is 2.13. The van der Waals surface area contributed by atoms with Crippen molar-refractivity contribution < 1.29 is 9.59 Å². The van der Waals surface area contributed by atoms with Gasteiger partial charge in [-0.1, -0.05) is 6.07 Å². The predicted octanol–water partition coefficient (Wildman–Crippen LogP) is 2.62. The number of benzene rings is 2. The average Bonchev–Trinajstić information content (AvgIpc) is 2.75. The standard InChI is InChI=1S/C15H12N2O2/c1-8(18)9-5-6-12-11(7-9)14-10(15(16)19)3-2-4-13(14)17-12/h2-7,17H,1H3,(H2,16,19). The maximum atomic E-state index is 11.5. The van der Waals surface area contributed by atoms with E-state index in [-0.39, 0.29) is 5.78 Å². The number of H-pyrrole nitrogens is 1. The lowest BCUT2D eigenvalue weighted by molar-refractivity contribution is 0.0997. The van der Waals surface area contributed by atoms with Gasteiger partial charge in [0.15, 0.2) is 5.78 Å². The highest BCUT2D eigenvalue weighted by atomic mass is 16.1. The van der Waals surface area contributed by atoms with Crippen LogP contribution in [0.25, 0.3) is 21.8 Å². The molecule has 0 bridgehead atoms. The van der Waals surface area contributed by atoms with Gasteiger partial charge in [-0.15, -0.1) is 0 Å². The van der Waals surface area contributed by atoms with E-state index in [0.717, 1.165) is 21.8 Å². The lowest BCUT2D eigenvalue weighted by atomic mass is 10.0. The smallest absolute Gasteiger partial charge is 0.249 e. The number of primary amides is 1. The third kappa shape index (κ3) is 1.69. The van der Waals surface area contributed by atoms with Crippen LogP contribution >= 0.6 is 0 Å². The van der Waals surface area contributed by atoms with Gasteiger partial charge < -0.3 is 10.7 Å². The van der Waals surface area contributed by atoms with E-state index in [0.29, 0.717) is 11.1 Å². The maximum absolute atomic E-state index is 11.5. The van der Waals surface area contributed by atoms with Gasteiger partial charge >= 0.3 is 0 Å². The Hall–Kier alpha value is -2.62. The van der Waals surface area contributed by atoms with Gasteiger partial charge in [-0.25, -0.2) is 0 Å². The molecule has 2 aromatic carbocycles. The van der Waals surface area contributed by atoms with E-state index in [1.54, 1.807) is 24.3 Å². The number of hydrogen-bond acceptors (Lipinski definition) is 2. The minimum atomic E-state index is -0.472. The van der Waals surface area contributed by atoms with Crippen LogP contribution in [0.4, 0.5) is 0 Å². The zero-order chi connectivity index (χ0) is 13.6. The molecule has 94 valence electrons. The first-order valence-electron chi connectivity index (χ1n) is 5.93. The molecule has 0 aliphatic rings. The molecule has 0 spiro atoms. The molecule has 1 aromatic heterocycles. The molecule has 0 aliphatic heterocycles. The summed E-state index contributed by atoms with van der Waals surface area (Å²) in [5.41, 5.74) is 8.21. The predicted molar refractivity (Wildman–Crippen MR) is 74.3 cm³/mol. The Labute approximate surface area is 109 Å². The van der Waals surface area contributed by atoms with Crippen molar-refractivity contribution in [2.24, 2.45) is 5.73 Å². The zero-order valence-corrected chi connectivity index (χ0v) is 10.4. The third-order valence-corrected chi connectivity index (χ3v) is 3.29. The van der Waals surface area contributed by atoms with E-state index in [2.05, 4.69) is 4.98 Å². The van der Waals surface area contributed by atoms with Crippen molar-refractivity contribution in [1.29, 1.82) is 0 Å². The first-order valence-corrected chi connectivity index (χ1v) is 5.93. The zero-order valence-electron chi connectivity index (χ0n) is 10.4. The molecule has 3 rings (SSSR count). The Morgan fingerprint density at radius 3 is 2.58 bits per heavy atom. The molecule has 0 saturated heterocycles. The fourth-order valence-electron chi connectivity index (χ4n) is 2.38. The minimum Gasteiger partial charge on any atom is -0.366 e. The quantitative estimate of drug-likeness (QED) is 0.688. The number of fused-ring (bicyclic) bond motifs is 3. The molecule has 1 heterocycles. The number of amides is 1. The number of carbonyl (C=O) groups excluding carboxylic acids is 2. The molecular formula is C15H12N2O2. The fraction of sp³-hybridized carbons (Fsp3) is 0.0667. The Kier molecular flexibility index (Phi) is 2.38. The molecule has 0 unspecified atom stereocenters. The Morgan fingerprint density at radius 2 is 1.89 bits per heavy atom. The molecule has 0 fully saturated rings. The second-order valence-electron chi connectivity index (χ2n) is 4.53. The van der Waals surface area contributed by atoms with Gasteiger partial charge in [0.1, 0.15) is 0 Å². The highest BCUT2D eigenvalue weighted by molar-refractivity contribution is 6.18. The van der Waals surface area contributed by atoms with Crippen LogP contribution < -0.4 is 5.73 Å². The summed E-state index contributed by atoms with van der Waals surface area (Å²) in [6.07, 6.45) is 0. The number of rotatable bonds is 2. The Bertz CT molecular complexity index is 831. The van der Waals surface area contributed by atoms with Gasteiger partial charge in [-0.2, -0.15) is 0 Å². The van der Waals surface area contributed by atoms with Crippen LogP contribution in [0.5, 0.6) is 0 Å². The number of aromatic amines is 1. The highest BCUT2D eigenvalue weighted by Crippen LogP contribution is 2.29. The minimum absolute atomic E-state index is 0.00666. The van der Waals surface area contributed by atoms with Gasteiger partial charge in [0, 0.05) is 32.9 Å². The number of nitrogens with one attached hydrogen (secondary N) is 1. The van der Waals surface area contributed by atoms with Gasteiger partial charge in [0.05, 0.1) is 0 Å². The molecule has 0 saturated carbocycles. The summed E-state index contributed by atoms with van der Waals surface area (Å²) in [5, 5.41) is 1.62. The average molecular weight is 252 g/mol. The molecule has 19 heavy (non-hydrogen) atoms. The summed E-state index contributed by atoms with van der Waals surface area (Å²) in [5.74, 6) is -0.479. The SMILES string of the molecule is CC(=O)c1ccc2[nH]c3cccc(C(N)=O)c3c2c1. The van der Waals surface area contributed by atoms with Crippen LogP contribution in [-0.2, 0) is 0 Å². The summed E-state index contributed by atoms with van der Waals surface area (Å²) in [6, 6.07) is 10.8. The molecule has 0 radical (unpaired) electrons. The van der Waals surface area contributed by atoms with E-state index in [1.807, 2.05) is 12.1 Å². The van der Waals surface area contributed by atoms with Crippen molar-refractivity contribution in [3.8, 4) is 0 Å². The van der Waals surface area contributed by atoms with E-state index in [9.17, 15) is 9.59 Å². The number of ketones is 1. The van der Waals surface area contributed by atoms with Crippen molar-refractivity contribution in [1.82, 2.24) is 4.98 Å². The van der Waals surface area contributed by atoms with Gasteiger partial charge in [-0.3, -0.25) is 9.59 Å². The van der Waals surface area contributed by atoms with Crippen LogP contribution in [-0.4, -0.2) is 16.7 Å². The third-order valence-electron chi connectivity index (χ3n) is 3.29. The van der Waals surface area contributed by atoms with E-state index >= 15 is 0 Å². The number of aromatic nitrogens is 1. The topological polar surface area (TPSA) is 75.9 Å². The number of Topliss-reactive ketones (excluding diaryl/α,β-unsaturated/α-hetero) is 1. The molecular weight excluding hydrogens is 240 g/mol. The van der Waals surface area contributed by atoms with Crippen molar-refractivity contribution >= 4 is 33.5 Å². The molecule has 0 atom stereocenters. The number of hydrogen-bond donors (Lipinski definition) is 2. The van der Waals surface area contributed by atoms with E-state index in [1.165, 1.54) is 6.92 Å². The molecule has 4 nitrogen and oxygen atoms in total. The Morgan fingerprint density at radius 1 is 1.11 bits per heavy atom. The van der Waals surface area contributed by atoms with Crippen LogP contribution in [0.15, 0.2) is 36.4 Å². The number of carbonyl (C=O) groups is 2. The van der Waals surface area contributed by atoms with Gasteiger partial charge in [-0.05, 0) is 37.3 Å². The van der Waals surface area contributed by atoms with Crippen LogP contribution in [0.1, 0.15) is 27.6 Å². The van der Waals surface area contributed by atoms with Crippen LogP contribution in [0.2, 0.25) is 0 Å². The summed E-state index contributed by atoms with van der Waals surface area (Å²) in [4.78, 5) is 26.2. The van der Waals surface area contributed by atoms with Crippen molar-refractivity contribution in [3.63, 3.8) is 0 Å². The van der Waals surface area contributed by atoms with E-state index < -0.39 is 5.91 Å². The van der Waals surface area contributed by atoms with Crippen LogP contribution in [0, 0.1) is 0 Å². The van der Waals surface area contributed by atoms with Crippen LogP contribution in [0.3, 0.4) is 0 Å². The van der Waals surface area contributed by atoms with Gasteiger partial charge in [0.25, 0.3) is 0 Å². The Balaban J connectivity index is 2.48. The summed E-state index contributed by atoms with van der Waals surface area (Å²) < 4.78 is 0. The largest absolute Gasteiger partial charge is 0.366 e. The maximum Gasteiger partial charge on any atom is 0.249 e. The van der Waals surface area contributed by atoms with E-state index in [4.69, 9.17) is 5.73 Å². The summed E-state index contributed by atoms with van der Waals surface area (Å²) in [7, 11) is 0. The van der Waals surface area contributed by atoms with Crippen molar-refractivity contribution in [2.45, 2.75) is 6.92 Å². The summed E-state index contributed by atoms with van der Waals surface area (Å²) >= 11 is 0. The van der Waals surface area contributed by atoms with Gasteiger partial charge in [0.2, 0.25) is 5.91 Å². The fourth-order valence-corrected chi connectivity index (χ4v) is 2.38. The molecule has 0 aliphatic carbocycles. The lowest BCUT2D eigenvalue weighted by Crippen LogP contribution is -2.11. The second kappa shape index (κ2) is 3.95.